The number of aromatic nitrogens is 2. The molecule has 0 saturated carbocycles. The molecule has 0 saturated heterocycles. The number of hydrogen-bond donors (Lipinski definition) is 2. The predicted molar refractivity (Wildman–Crippen MR) is 77.1 cm³/mol. The van der Waals surface area contributed by atoms with Gasteiger partial charge in [0.15, 0.2) is 0 Å². The highest BCUT2D eigenvalue weighted by molar-refractivity contribution is 6.07. The van der Waals surface area contributed by atoms with Crippen molar-refractivity contribution >= 4 is 17.4 Å². The van der Waals surface area contributed by atoms with Gasteiger partial charge in [0.2, 0.25) is 5.88 Å². The van der Waals surface area contributed by atoms with Crippen LogP contribution in [0, 0.1) is 5.82 Å². The minimum absolute atomic E-state index is 0.117. The number of halogens is 1. The average molecular weight is 290 g/mol. The second-order valence-electron chi connectivity index (χ2n) is 4.07. The molecule has 2 heterocycles. The third kappa shape index (κ3) is 3.65. The number of pyridine rings is 2. The molecule has 0 radical (unpaired) electrons. The Labute approximate surface area is 121 Å². The summed E-state index contributed by atoms with van der Waals surface area (Å²) < 4.78 is 18.4. The van der Waals surface area contributed by atoms with Crippen molar-refractivity contribution in [2.45, 2.75) is 6.92 Å². The first-order valence-corrected chi connectivity index (χ1v) is 6.37. The minimum Gasteiger partial charge on any atom is -0.478 e. The first-order chi connectivity index (χ1) is 10.1. The maximum absolute atomic E-state index is 13.2. The SMILES string of the molecule is CCOc1ccc(NC(=O)c2cc(F)cnc2NC)cn1. The van der Waals surface area contributed by atoms with E-state index < -0.39 is 11.7 Å². The van der Waals surface area contributed by atoms with Gasteiger partial charge in [-0.2, -0.15) is 0 Å². The lowest BCUT2D eigenvalue weighted by atomic mass is 10.2. The van der Waals surface area contributed by atoms with E-state index in [0.29, 0.717) is 24.0 Å². The van der Waals surface area contributed by atoms with Crippen molar-refractivity contribution in [3.8, 4) is 5.88 Å². The van der Waals surface area contributed by atoms with Gasteiger partial charge in [-0.15, -0.1) is 0 Å². The van der Waals surface area contributed by atoms with Crippen molar-refractivity contribution in [3.05, 3.63) is 42.0 Å². The Hall–Kier alpha value is -2.70. The molecule has 21 heavy (non-hydrogen) atoms. The van der Waals surface area contributed by atoms with Crippen molar-refractivity contribution < 1.29 is 13.9 Å². The van der Waals surface area contributed by atoms with E-state index in [1.807, 2.05) is 6.92 Å². The minimum atomic E-state index is -0.580. The van der Waals surface area contributed by atoms with Gasteiger partial charge >= 0.3 is 0 Å². The van der Waals surface area contributed by atoms with Crippen molar-refractivity contribution in [3.63, 3.8) is 0 Å². The number of amides is 1. The number of carbonyl (C=O) groups excluding carboxylic acids is 1. The Morgan fingerprint density at radius 1 is 1.33 bits per heavy atom. The number of hydrogen-bond acceptors (Lipinski definition) is 5. The maximum Gasteiger partial charge on any atom is 0.259 e. The van der Waals surface area contributed by atoms with E-state index in [-0.39, 0.29) is 5.56 Å². The molecule has 0 bridgehead atoms. The highest BCUT2D eigenvalue weighted by Crippen LogP contribution is 2.17. The molecule has 0 aliphatic carbocycles. The van der Waals surface area contributed by atoms with Crippen molar-refractivity contribution in [1.82, 2.24) is 9.97 Å². The molecule has 2 N–H and O–H groups in total. The fourth-order valence-electron chi connectivity index (χ4n) is 1.70. The molecule has 7 heteroatoms. The van der Waals surface area contributed by atoms with Crippen LogP contribution in [0.2, 0.25) is 0 Å². The van der Waals surface area contributed by atoms with E-state index in [1.54, 1.807) is 19.2 Å². The summed E-state index contributed by atoms with van der Waals surface area (Å²) in [6.07, 6.45) is 2.51. The zero-order valence-corrected chi connectivity index (χ0v) is 11.7. The van der Waals surface area contributed by atoms with Gasteiger partial charge in [0.1, 0.15) is 11.6 Å². The molecule has 6 nitrogen and oxygen atoms in total. The highest BCUT2D eigenvalue weighted by atomic mass is 19.1. The van der Waals surface area contributed by atoms with Crippen LogP contribution in [0.1, 0.15) is 17.3 Å². The first kappa shape index (κ1) is 14.7. The topological polar surface area (TPSA) is 76.1 Å². The number of rotatable bonds is 5. The number of anilines is 2. The van der Waals surface area contributed by atoms with Crippen LogP contribution >= 0.6 is 0 Å². The molecule has 0 fully saturated rings. The summed E-state index contributed by atoms with van der Waals surface area (Å²) in [7, 11) is 1.61. The Kier molecular flexibility index (Phi) is 4.65. The van der Waals surface area contributed by atoms with Crippen molar-refractivity contribution in [2.75, 3.05) is 24.3 Å². The molecule has 110 valence electrons. The number of carbonyl (C=O) groups is 1. The predicted octanol–water partition coefficient (Wildman–Crippen LogP) is 2.31. The summed E-state index contributed by atoms with van der Waals surface area (Å²) in [4.78, 5) is 20.0. The molecule has 0 aliphatic rings. The fourth-order valence-corrected chi connectivity index (χ4v) is 1.70. The van der Waals surface area contributed by atoms with Crippen LogP contribution in [0.5, 0.6) is 5.88 Å². The van der Waals surface area contributed by atoms with Crippen molar-refractivity contribution in [1.29, 1.82) is 0 Å². The summed E-state index contributed by atoms with van der Waals surface area (Å²) in [6, 6.07) is 4.42. The largest absolute Gasteiger partial charge is 0.478 e. The van der Waals surface area contributed by atoms with Gasteiger partial charge in [-0.05, 0) is 19.1 Å². The van der Waals surface area contributed by atoms with Gasteiger partial charge < -0.3 is 15.4 Å². The van der Waals surface area contributed by atoms with Crippen LogP contribution < -0.4 is 15.4 Å². The number of ether oxygens (including phenoxy) is 1. The Morgan fingerprint density at radius 2 is 2.14 bits per heavy atom. The second-order valence-corrected chi connectivity index (χ2v) is 4.07. The normalized spacial score (nSPS) is 10.0. The standard InChI is InChI=1S/C14H15FN4O2/c1-3-21-12-5-4-10(8-17-12)19-14(20)11-6-9(15)7-18-13(11)16-2/h4-8H,3H2,1-2H3,(H,16,18)(H,19,20). The Morgan fingerprint density at radius 3 is 2.76 bits per heavy atom. The quantitative estimate of drug-likeness (QED) is 0.883. The summed E-state index contributed by atoms with van der Waals surface area (Å²) in [5.74, 6) is -0.284. The lowest BCUT2D eigenvalue weighted by Crippen LogP contribution is -2.15. The summed E-state index contributed by atoms with van der Waals surface area (Å²) >= 11 is 0. The van der Waals surface area contributed by atoms with Gasteiger partial charge in [-0.3, -0.25) is 4.79 Å². The zero-order valence-electron chi connectivity index (χ0n) is 11.7. The monoisotopic (exact) mass is 290 g/mol. The molecule has 0 unspecified atom stereocenters. The summed E-state index contributed by atoms with van der Waals surface area (Å²) in [6.45, 7) is 2.37. The molecule has 0 spiro atoms. The van der Waals surface area contributed by atoms with Crippen LogP contribution in [0.3, 0.4) is 0 Å². The number of nitrogens with zero attached hydrogens (tertiary/aromatic N) is 2. The molecular weight excluding hydrogens is 275 g/mol. The van der Waals surface area contributed by atoms with Crippen molar-refractivity contribution in [2.24, 2.45) is 0 Å². The second kappa shape index (κ2) is 6.65. The molecule has 0 atom stereocenters. The van der Waals surface area contributed by atoms with Gasteiger partial charge in [0.25, 0.3) is 5.91 Å². The van der Waals surface area contributed by atoms with Gasteiger partial charge in [0.05, 0.1) is 30.3 Å². The molecule has 2 aromatic rings. The molecule has 2 aromatic heterocycles. The first-order valence-electron chi connectivity index (χ1n) is 6.37. The van der Waals surface area contributed by atoms with Crippen LogP contribution in [-0.2, 0) is 0 Å². The molecule has 2 rings (SSSR count). The molecule has 0 aliphatic heterocycles. The van der Waals surface area contributed by atoms with Crippen LogP contribution in [0.25, 0.3) is 0 Å². The van der Waals surface area contributed by atoms with Crippen LogP contribution in [0.15, 0.2) is 30.6 Å². The van der Waals surface area contributed by atoms with Gasteiger partial charge in [-0.25, -0.2) is 14.4 Å². The average Bonchev–Trinajstić information content (AvgIpc) is 2.49. The molecule has 1 amide bonds. The summed E-state index contributed by atoms with van der Waals surface area (Å²) in [5.41, 5.74) is 0.598. The van der Waals surface area contributed by atoms with Crippen LogP contribution in [-0.4, -0.2) is 29.5 Å². The molecular formula is C14H15FN4O2. The fraction of sp³-hybridized carbons (Fsp3) is 0.214. The van der Waals surface area contributed by atoms with E-state index in [2.05, 4.69) is 20.6 Å². The third-order valence-electron chi connectivity index (χ3n) is 2.62. The lowest BCUT2D eigenvalue weighted by Gasteiger charge is -2.09. The van der Waals surface area contributed by atoms with Crippen LogP contribution in [0.4, 0.5) is 15.9 Å². The Balaban J connectivity index is 2.15. The van der Waals surface area contributed by atoms with E-state index >= 15 is 0 Å². The van der Waals surface area contributed by atoms with Gasteiger partial charge in [-0.1, -0.05) is 0 Å². The smallest absolute Gasteiger partial charge is 0.259 e. The number of nitrogens with one attached hydrogen (secondary N) is 2. The van der Waals surface area contributed by atoms with Gasteiger partial charge in [0, 0.05) is 13.1 Å². The summed E-state index contributed by atoms with van der Waals surface area (Å²) in [5, 5.41) is 5.37. The van der Waals surface area contributed by atoms with E-state index in [4.69, 9.17) is 4.74 Å². The van der Waals surface area contributed by atoms with E-state index in [0.717, 1.165) is 12.3 Å². The highest BCUT2D eigenvalue weighted by Gasteiger charge is 2.13. The lowest BCUT2D eigenvalue weighted by molar-refractivity contribution is 0.102. The van der Waals surface area contributed by atoms with E-state index in [1.165, 1.54) is 6.20 Å². The third-order valence-corrected chi connectivity index (χ3v) is 2.62. The zero-order chi connectivity index (χ0) is 15.2. The van der Waals surface area contributed by atoms with E-state index in [9.17, 15) is 9.18 Å². The molecule has 0 aromatic carbocycles. The maximum atomic E-state index is 13.2. The Bertz CT molecular complexity index is 631.